The monoisotopic (exact) mass is 494 g/mol. The van der Waals surface area contributed by atoms with E-state index < -0.39 is 38.3 Å². The molecule has 0 spiro atoms. The minimum absolute atomic E-state index is 0.0245. The predicted molar refractivity (Wildman–Crippen MR) is 114 cm³/mol. The van der Waals surface area contributed by atoms with Crippen LogP contribution in [0.5, 0.6) is 5.75 Å². The fourth-order valence-corrected chi connectivity index (χ4v) is 4.91. The second-order valence-electron chi connectivity index (χ2n) is 8.34. The van der Waals surface area contributed by atoms with E-state index in [9.17, 15) is 31.2 Å². The van der Waals surface area contributed by atoms with E-state index in [0.29, 0.717) is 12.0 Å². The molecule has 5 rings (SSSR count). The van der Waals surface area contributed by atoms with Crippen LogP contribution in [0, 0.1) is 0 Å². The van der Waals surface area contributed by atoms with Crippen molar-refractivity contribution >= 4 is 27.0 Å². The van der Waals surface area contributed by atoms with Crippen molar-refractivity contribution in [3.05, 3.63) is 57.4 Å². The van der Waals surface area contributed by atoms with Crippen LogP contribution in [0.4, 0.5) is 13.2 Å². The normalized spacial score (nSPS) is 19.4. The number of benzene rings is 1. The first-order valence-electron chi connectivity index (χ1n) is 10.3. The number of ether oxygens (including phenoxy) is 1. The maximum Gasteiger partial charge on any atom is 0.534 e. The number of pyridine rings is 2. The van der Waals surface area contributed by atoms with Gasteiger partial charge in [0.25, 0.3) is 5.56 Å². The van der Waals surface area contributed by atoms with Crippen molar-refractivity contribution in [1.82, 2.24) is 9.55 Å². The highest BCUT2D eigenvalue weighted by molar-refractivity contribution is 7.88. The molecular formula is C22H17F3N2O6S. The molecular weight excluding hydrogens is 477 g/mol. The van der Waals surface area contributed by atoms with Crippen LogP contribution in [0.3, 0.4) is 0 Å². The van der Waals surface area contributed by atoms with Crippen molar-refractivity contribution in [2.75, 3.05) is 0 Å². The highest BCUT2D eigenvalue weighted by Gasteiger charge is 2.49. The van der Waals surface area contributed by atoms with E-state index in [0.717, 1.165) is 0 Å². The number of para-hydroxylation sites is 1. The molecule has 2 aromatic heterocycles. The molecule has 178 valence electrons. The lowest BCUT2D eigenvalue weighted by atomic mass is 9.76. The van der Waals surface area contributed by atoms with E-state index in [4.69, 9.17) is 4.74 Å². The Labute approximate surface area is 191 Å². The lowest BCUT2D eigenvalue weighted by molar-refractivity contribution is -0.153. The average molecular weight is 494 g/mol. The Balaban J connectivity index is 1.81. The zero-order chi connectivity index (χ0) is 24.6. The highest BCUT2D eigenvalue weighted by Crippen LogP contribution is 2.44. The van der Waals surface area contributed by atoms with Crippen LogP contribution in [0.2, 0.25) is 0 Å². The van der Waals surface area contributed by atoms with E-state index in [1.165, 1.54) is 22.8 Å². The van der Waals surface area contributed by atoms with Gasteiger partial charge in [0.05, 0.1) is 34.4 Å². The van der Waals surface area contributed by atoms with E-state index in [2.05, 4.69) is 9.17 Å². The Morgan fingerprint density at radius 2 is 1.91 bits per heavy atom. The number of carbonyl (C=O) groups excluding carboxylic acids is 1. The van der Waals surface area contributed by atoms with E-state index >= 15 is 0 Å². The van der Waals surface area contributed by atoms with Gasteiger partial charge in [0.2, 0.25) is 0 Å². The number of halogens is 3. The lowest BCUT2D eigenvalue weighted by Gasteiger charge is -2.33. The molecule has 0 unspecified atom stereocenters. The molecule has 3 aromatic rings. The van der Waals surface area contributed by atoms with Gasteiger partial charge in [-0.1, -0.05) is 19.1 Å². The third-order valence-corrected chi connectivity index (χ3v) is 7.43. The van der Waals surface area contributed by atoms with Gasteiger partial charge < -0.3 is 13.5 Å². The topological polar surface area (TPSA) is 105 Å². The molecule has 8 nitrogen and oxygen atoms in total. The van der Waals surface area contributed by atoms with Crippen LogP contribution in [0.25, 0.3) is 22.3 Å². The van der Waals surface area contributed by atoms with Crippen molar-refractivity contribution in [2.24, 2.45) is 0 Å². The van der Waals surface area contributed by atoms with Gasteiger partial charge in [-0.3, -0.25) is 9.59 Å². The van der Waals surface area contributed by atoms with E-state index in [-0.39, 0.29) is 46.6 Å². The fourth-order valence-electron chi connectivity index (χ4n) is 4.41. The minimum atomic E-state index is -5.99. The molecule has 0 saturated carbocycles. The number of nitrogens with zero attached hydrogens (tertiary/aromatic N) is 2. The fraction of sp³-hybridized carbons (Fsp3) is 0.318. The molecule has 0 fully saturated rings. The number of esters is 1. The molecule has 2 aliphatic heterocycles. The number of hydrogen-bond acceptors (Lipinski definition) is 7. The van der Waals surface area contributed by atoms with Crippen molar-refractivity contribution < 1.29 is 35.3 Å². The molecule has 0 radical (unpaired) electrons. The molecule has 0 bridgehead atoms. The molecule has 4 heterocycles. The summed E-state index contributed by atoms with van der Waals surface area (Å²) >= 11 is 0. The number of fused-ring (bicyclic) bond motifs is 5. The summed E-state index contributed by atoms with van der Waals surface area (Å²) in [5.74, 6) is -1.03. The Kier molecular flexibility index (Phi) is 4.64. The molecule has 2 aliphatic rings. The quantitative estimate of drug-likeness (QED) is 0.244. The summed E-state index contributed by atoms with van der Waals surface area (Å²) in [5.41, 5.74) is -5.94. The number of carbonyl (C=O) groups is 1. The predicted octanol–water partition coefficient (Wildman–Crippen LogP) is 3.38. The van der Waals surface area contributed by atoms with Crippen LogP contribution in [0.15, 0.2) is 35.1 Å². The summed E-state index contributed by atoms with van der Waals surface area (Å²) < 4.78 is 74.3. The van der Waals surface area contributed by atoms with Crippen molar-refractivity contribution in [2.45, 2.75) is 44.3 Å². The van der Waals surface area contributed by atoms with Crippen LogP contribution < -0.4 is 9.74 Å². The number of alkyl halides is 3. The van der Waals surface area contributed by atoms with Crippen molar-refractivity contribution in [1.29, 1.82) is 0 Å². The molecule has 12 heteroatoms. The summed E-state index contributed by atoms with van der Waals surface area (Å²) in [5, 5.41) is 0.0524. The first kappa shape index (κ1) is 22.4. The summed E-state index contributed by atoms with van der Waals surface area (Å²) in [6, 6.07) is 7.59. The summed E-state index contributed by atoms with van der Waals surface area (Å²) in [6.07, 6.45) is 0.345. The van der Waals surface area contributed by atoms with Crippen LogP contribution in [-0.4, -0.2) is 29.4 Å². The summed E-state index contributed by atoms with van der Waals surface area (Å²) in [7, 11) is -5.99. The SMILES string of the molecule is CC[C@@]1(C)C(=O)OCc2c1cc1n(c2=O)Cc2c-1nc1ccccc1c2OS(=O)(=O)C(F)(F)F. The van der Waals surface area contributed by atoms with Crippen molar-refractivity contribution in [3.8, 4) is 17.1 Å². The van der Waals surface area contributed by atoms with Crippen LogP contribution in [0.1, 0.15) is 37.0 Å². The molecule has 1 aromatic carbocycles. The smallest absolute Gasteiger partial charge is 0.460 e. The maximum atomic E-state index is 13.3. The maximum absolute atomic E-state index is 13.3. The van der Waals surface area contributed by atoms with Crippen LogP contribution in [-0.2, 0) is 38.2 Å². The molecule has 1 atom stereocenters. The number of cyclic esters (lactones) is 1. The minimum Gasteiger partial charge on any atom is -0.460 e. The number of rotatable bonds is 3. The van der Waals surface area contributed by atoms with Gasteiger partial charge in [-0.05, 0) is 37.1 Å². The Morgan fingerprint density at radius 1 is 1.21 bits per heavy atom. The third kappa shape index (κ3) is 2.97. The summed E-state index contributed by atoms with van der Waals surface area (Å²) in [4.78, 5) is 30.3. The van der Waals surface area contributed by atoms with Crippen LogP contribution >= 0.6 is 0 Å². The zero-order valence-corrected chi connectivity index (χ0v) is 18.7. The third-order valence-electron chi connectivity index (χ3n) is 6.48. The second kappa shape index (κ2) is 7.05. The standard InChI is InChI=1S/C22H17F3N2O6S/c1-3-21(2)14-8-16-17-12(9-27(16)19(28)13(14)10-32-20(21)29)18(33-34(30,31)22(23,24)25)11-6-4-5-7-15(11)26-17/h4-8H,3,9-10H2,1-2H3/t21-/m1/s1. The first-order valence-corrected chi connectivity index (χ1v) is 11.7. The molecule has 0 aliphatic carbocycles. The largest absolute Gasteiger partial charge is 0.534 e. The zero-order valence-electron chi connectivity index (χ0n) is 17.9. The number of hydrogen-bond donors (Lipinski definition) is 0. The van der Waals surface area contributed by atoms with Gasteiger partial charge in [0.1, 0.15) is 6.61 Å². The van der Waals surface area contributed by atoms with Gasteiger partial charge in [0, 0.05) is 10.9 Å². The lowest BCUT2D eigenvalue weighted by Crippen LogP contribution is -2.42. The Hall–Kier alpha value is -3.41. The van der Waals surface area contributed by atoms with Gasteiger partial charge in [-0.2, -0.15) is 21.6 Å². The molecule has 0 N–H and O–H groups in total. The van der Waals surface area contributed by atoms with Gasteiger partial charge in [-0.25, -0.2) is 4.98 Å². The molecule has 34 heavy (non-hydrogen) atoms. The number of aromatic nitrogens is 2. The highest BCUT2D eigenvalue weighted by atomic mass is 32.2. The average Bonchev–Trinajstić information content (AvgIpc) is 3.14. The molecule has 0 amide bonds. The van der Waals surface area contributed by atoms with Gasteiger partial charge in [-0.15, -0.1) is 0 Å². The van der Waals surface area contributed by atoms with E-state index in [1.807, 2.05) is 0 Å². The van der Waals surface area contributed by atoms with Crippen molar-refractivity contribution in [3.63, 3.8) is 0 Å². The Bertz CT molecular complexity index is 1560. The second-order valence-corrected chi connectivity index (χ2v) is 9.88. The first-order chi connectivity index (χ1) is 15.9. The van der Waals surface area contributed by atoms with Gasteiger partial charge in [0.15, 0.2) is 5.75 Å². The van der Waals surface area contributed by atoms with E-state index in [1.54, 1.807) is 26.0 Å². The Morgan fingerprint density at radius 3 is 2.59 bits per heavy atom. The summed E-state index contributed by atoms with van der Waals surface area (Å²) in [6.45, 7) is 2.93. The molecule has 0 saturated heterocycles. The van der Waals surface area contributed by atoms with Gasteiger partial charge >= 0.3 is 21.6 Å².